The number of phenols is 2. The molecule has 0 saturated heterocycles. The van der Waals surface area contributed by atoms with Crippen LogP contribution in [0.5, 0.6) is 11.5 Å². The lowest BCUT2D eigenvalue weighted by Gasteiger charge is -2.22. The maximum Gasteiger partial charge on any atom is 0.141 e. The first-order chi connectivity index (χ1) is 12.0. The molecule has 1 unspecified atom stereocenters. The maximum atomic E-state index is 10.5. The average Bonchev–Trinajstić information content (AvgIpc) is 3.13. The van der Waals surface area contributed by atoms with Crippen molar-refractivity contribution < 1.29 is 10.2 Å². The van der Waals surface area contributed by atoms with Crippen LogP contribution >= 0.6 is 23.2 Å². The van der Waals surface area contributed by atoms with Gasteiger partial charge in [0, 0.05) is 17.0 Å². The zero-order valence-electron chi connectivity index (χ0n) is 13.2. The topological polar surface area (TPSA) is 40.5 Å². The van der Waals surface area contributed by atoms with Crippen LogP contribution < -0.4 is 0 Å². The molecule has 0 aromatic heterocycles. The van der Waals surface area contributed by atoms with Gasteiger partial charge in [-0.2, -0.15) is 0 Å². The SMILES string of the molecule is Oc1ccccc1C1(c2ccccc2O)C(c2ccccc2)C1(Cl)Cl. The fourth-order valence-corrected chi connectivity index (χ4v) is 5.03. The van der Waals surface area contributed by atoms with Gasteiger partial charge in [-0.3, -0.25) is 0 Å². The number of aromatic hydroxyl groups is 2. The Morgan fingerprint density at radius 2 is 1.08 bits per heavy atom. The number of benzene rings is 3. The van der Waals surface area contributed by atoms with Gasteiger partial charge in [0.2, 0.25) is 0 Å². The van der Waals surface area contributed by atoms with Crippen LogP contribution in [0.15, 0.2) is 78.9 Å². The van der Waals surface area contributed by atoms with Gasteiger partial charge >= 0.3 is 0 Å². The van der Waals surface area contributed by atoms with Crippen molar-refractivity contribution in [1.29, 1.82) is 0 Å². The van der Waals surface area contributed by atoms with Crippen molar-refractivity contribution in [3.8, 4) is 11.5 Å². The molecule has 3 aromatic rings. The third-order valence-electron chi connectivity index (χ3n) is 5.03. The number of para-hydroxylation sites is 2. The number of hydrogen-bond donors (Lipinski definition) is 2. The first kappa shape index (κ1) is 16.3. The number of alkyl halides is 2. The minimum atomic E-state index is -1.20. The number of hydrogen-bond acceptors (Lipinski definition) is 2. The second-order valence-electron chi connectivity index (χ2n) is 6.31. The predicted molar refractivity (Wildman–Crippen MR) is 101 cm³/mol. The van der Waals surface area contributed by atoms with Crippen LogP contribution in [0.2, 0.25) is 0 Å². The monoisotopic (exact) mass is 370 g/mol. The van der Waals surface area contributed by atoms with E-state index in [1.165, 1.54) is 0 Å². The summed E-state index contributed by atoms with van der Waals surface area (Å²) >= 11 is 13.6. The molecule has 0 heterocycles. The highest BCUT2D eigenvalue weighted by molar-refractivity contribution is 6.53. The molecular weight excluding hydrogens is 355 g/mol. The summed E-state index contributed by atoms with van der Waals surface area (Å²) < 4.78 is -1.20. The van der Waals surface area contributed by atoms with Crippen molar-refractivity contribution in [3.05, 3.63) is 95.6 Å². The van der Waals surface area contributed by atoms with Gasteiger partial charge in [-0.25, -0.2) is 0 Å². The van der Waals surface area contributed by atoms with Crippen LogP contribution in [0.1, 0.15) is 22.6 Å². The third kappa shape index (κ3) is 2.18. The molecule has 4 heteroatoms. The Balaban J connectivity index is 2.03. The van der Waals surface area contributed by atoms with Crippen molar-refractivity contribution in [1.82, 2.24) is 0 Å². The molecule has 25 heavy (non-hydrogen) atoms. The van der Waals surface area contributed by atoms with E-state index in [2.05, 4.69) is 0 Å². The second-order valence-corrected chi connectivity index (χ2v) is 7.69. The van der Waals surface area contributed by atoms with E-state index in [1.54, 1.807) is 24.3 Å². The van der Waals surface area contributed by atoms with Crippen molar-refractivity contribution in [2.75, 3.05) is 0 Å². The fourth-order valence-electron chi connectivity index (χ4n) is 3.94. The Labute approximate surface area is 156 Å². The Bertz CT molecular complexity index is 876. The van der Waals surface area contributed by atoms with Crippen molar-refractivity contribution in [2.45, 2.75) is 15.7 Å². The quantitative estimate of drug-likeness (QED) is 0.609. The minimum Gasteiger partial charge on any atom is -0.508 e. The average molecular weight is 371 g/mol. The van der Waals surface area contributed by atoms with Gasteiger partial charge in [0.05, 0.1) is 5.41 Å². The lowest BCUT2D eigenvalue weighted by molar-refractivity contribution is 0.450. The summed E-state index contributed by atoms with van der Waals surface area (Å²) in [6.07, 6.45) is 0. The van der Waals surface area contributed by atoms with E-state index in [0.29, 0.717) is 11.1 Å². The smallest absolute Gasteiger partial charge is 0.141 e. The molecular formula is C21H16Cl2O2. The number of halogens is 2. The first-order valence-corrected chi connectivity index (χ1v) is 8.76. The van der Waals surface area contributed by atoms with Crippen LogP contribution in [0.25, 0.3) is 0 Å². The van der Waals surface area contributed by atoms with Gasteiger partial charge < -0.3 is 10.2 Å². The van der Waals surface area contributed by atoms with Crippen LogP contribution in [0, 0.1) is 0 Å². The zero-order chi connectivity index (χ0) is 17.7. The molecule has 1 aliphatic rings. The second kappa shape index (κ2) is 5.69. The predicted octanol–water partition coefficient (Wildman–Crippen LogP) is 5.36. The molecule has 2 nitrogen and oxygen atoms in total. The van der Waals surface area contributed by atoms with Gasteiger partial charge in [-0.15, -0.1) is 0 Å². The highest BCUT2D eigenvalue weighted by atomic mass is 35.5. The summed E-state index contributed by atoms with van der Waals surface area (Å²) in [7, 11) is 0. The number of rotatable bonds is 3. The lowest BCUT2D eigenvalue weighted by atomic mass is 9.83. The van der Waals surface area contributed by atoms with Crippen LogP contribution in [-0.2, 0) is 5.41 Å². The minimum absolute atomic E-state index is 0.106. The van der Waals surface area contributed by atoms with E-state index in [4.69, 9.17) is 23.2 Å². The molecule has 1 fully saturated rings. The Morgan fingerprint density at radius 1 is 0.640 bits per heavy atom. The third-order valence-corrected chi connectivity index (χ3v) is 6.06. The van der Waals surface area contributed by atoms with Crippen LogP contribution in [0.3, 0.4) is 0 Å². The molecule has 0 spiro atoms. The van der Waals surface area contributed by atoms with Crippen molar-refractivity contribution in [3.63, 3.8) is 0 Å². The summed E-state index contributed by atoms with van der Waals surface area (Å²) in [5, 5.41) is 21.1. The molecule has 0 bridgehead atoms. The Morgan fingerprint density at radius 3 is 1.56 bits per heavy atom. The molecule has 3 aromatic carbocycles. The molecule has 1 atom stereocenters. The fraction of sp³-hybridized carbons (Fsp3) is 0.143. The molecule has 0 aliphatic heterocycles. The molecule has 126 valence electrons. The van der Waals surface area contributed by atoms with E-state index in [-0.39, 0.29) is 17.4 Å². The van der Waals surface area contributed by atoms with E-state index in [1.807, 2.05) is 54.6 Å². The molecule has 0 radical (unpaired) electrons. The molecule has 4 rings (SSSR count). The van der Waals surface area contributed by atoms with E-state index < -0.39 is 9.75 Å². The van der Waals surface area contributed by atoms with Gasteiger partial charge in [-0.1, -0.05) is 89.9 Å². The molecule has 1 aliphatic carbocycles. The van der Waals surface area contributed by atoms with Crippen molar-refractivity contribution >= 4 is 23.2 Å². The van der Waals surface area contributed by atoms with Gasteiger partial charge in [-0.05, 0) is 17.7 Å². The summed E-state index contributed by atoms with van der Waals surface area (Å²) in [6.45, 7) is 0. The summed E-state index contributed by atoms with van der Waals surface area (Å²) in [5.41, 5.74) is 1.23. The van der Waals surface area contributed by atoms with Gasteiger partial charge in [0.15, 0.2) is 0 Å². The van der Waals surface area contributed by atoms with Crippen LogP contribution in [-0.4, -0.2) is 14.5 Å². The highest BCUT2D eigenvalue weighted by Gasteiger charge is 2.79. The highest BCUT2D eigenvalue weighted by Crippen LogP contribution is 2.78. The summed E-state index contributed by atoms with van der Waals surface area (Å²) in [5.74, 6) is -0.0872. The molecule has 1 saturated carbocycles. The van der Waals surface area contributed by atoms with Crippen LogP contribution in [0.4, 0.5) is 0 Å². The van der Waals surface area contributed by atoms with E-state index >= 15 is 0 Å². The van der Waals surface area contributed by atoms with E-state index in [0.717, 1.165) is 5.56 Å². The maximum absolute atomic E-state index is 10.5. The van der Waals surface area contributed by atoms with Gasteiger partial charge in [0.1, 0.15) is 15.8 Å². The van der Waals surface area contributed by atoms with E-state index in [9.17, 15) is 10.2 Å². The normalized spacial score (nSPS) is 20.2. The Kier molecular flexibility index (Phi) is 3.71. The largest absolute Gasteiger partial charge is 0.508 e. The van der Waals surface area contributed by atoms with Gasteiger partial charge in [0.25, 0.3) is 0 Å². The summed E-state index contributed by atoms with van der Waals surface area (Å²) in [6, 6.07) is 23.7. The molecule has 0 amide bonds. The first-order valence-electron chi connectivity index (χ1n) is 8.01. The summed E-state index contributed by atoms with van der Waals surface area (Å²) in [4.78, 5) is 0. The standard InChI is InChI=1S/C21H16Cl2O2/c22-21(23)19(14-8-2-1-3-9-14)20(21,15-10-4-6-12-17(15)24)16-11-5-7-13-18(16)25/h1-13,19,24-25H. The van der Waals surface area contributed by atoms with Crippen molar-refractivity contribution in [2.24, 2.45) is 0 Å². The lowest BCUT2D eigenvalue weighted by Crippen LogP contribution is -2.18. The Hall–Kier alpha value is -2.16. The number of phenolic OH excluding ortho intramolecular Hbond substituents is 2. The molecule has 2 N–H and O–H groups in total. The zero-order valence-corrected chi connectivity index (χ0v) is 14.7.